The molecular weight excluding hydrogens is 228 g/mol. The van der Waals surface area contributed by atoms with Crippen LogP contribution in [0, 0.1) is 0 Å². The highest BCUT2D eigenvalue weighted by Crippen LogP contribution is 2.27. The molecule has 1 aromatic heterocycles. The standard InChI is InChI=1S/C14H18N2O2/c1-2-17-9-4-10-18-13-7-6-12(15)11-5-3-8-16-14(11)13/h3,5-8H,2,4,9-10,15H2,1H3. The SMILES string of the molecule is CCOCCCOc1ccc(N)c2cccnc12. The van der Waals surface area contributed by atoms with Gasteiger partial charge in [0.25, 0.3) is 0 Å². The average molecular weight is 246 g/mol. The summed E-state index contributed by atoms with van der Waals surface area (Å²) >= 11 is 0. The van der Waals surface area contributed by atoms with Gasteiger partial charge in [0.05, 0.1) is 6.61 Å². The largest absolute Gasteiger partial charge is 0.491 e. The molecule has 4 nitrogen and oxygen atoms in total. The molecule has 0 aliphatic carbocycles. The van der Waals surface area contributed by atoms with Crippen LogP contribution in [0.3, 0.4) is 0 Å². The van der Waals surface area contributed by atoms with Crippen molar-refractivity contribution in [3.8, 4) is 5.75 Å². The van der Waals surface area contributed by atoms with Gasteiger partial charge < -0.3 is 15.2 Å². The Morgan fingerprint density at radius 3 is 2.94 bits per heavy atom. The number of hydrogen-bond donors (Lipinski definition) is 1. The van der Waals surface area contributed by atoms with Crippen molar-refractivity contribution in [1.82, 2.24) is 4.98 Å². The van der Waals surface area contributed by atoms with E-state index < -0.39 is 0 Å². The van der Waals surface area contributed by atoms with Crippen LogP contribution in [0.5, 0.6) is 5.75 Å². The number of rotatable bonds is 6. The Labute approximate surface area is 107 Å². The number of hydrogen-bond acceptors (Lipinski definition) is 4. The Hall–Kier alpha value is -1.81. The van der Waals surface area contributed by atoms with Crippen LogP contribution in [-0.4, -0.2) is 24.8 Å². The van der Waals surface area contributed by atoms with Gasteiger partial charge in [-0.3, -0.25) is 4.98 Å². The molecule has 0 radical (unpaired) electrons. The molecule has 2 aromatic rings. The van der Waals surface area contributed by atoms with Gasteiger partial charge >= 0.3 is 0 Å². The first-order valence-electron chi connectivity index (χ1n) is 6.16. The van der Waals surface area contributed by atoms with Crippen LogP contribution in [0.25, 0.3) is 10.9 Å². The molecular formula is C14H18N2O2. The molecule has 96 valence electrons. The minimum Gasteiger partial charge on any atom is -0.491 e. The molecule has 0 aliphatic heterocycles. The molecule has 0 unspecified atom stereocenters. The average Bonchev–Trinajstić information content (AvgIpc) is 2.41. The predicted octanol–water partition coefficient (Wildman–Crippen LogP) is 2.62. The van der Waals surface area contributed by atoms with Crippen molar-refractivity contribution in [2.75, 3.05) is 25.6 Å². The molecule has 2 rings (SSSR count). The lowest BCUT2D eigenvalue weighted by Crippen LogP contribution is -2.03. The summed E-state index contributed by atoms with van der Waals surface area (Å²) < 4.78 is 11.0. The molecule has 0 fully saturated rings. The zero-order chi connectivity index (χ0) is 12.8. The first kappa shape index (κ1) is 12.6. The van der Waals surface area contributed by atoms with Crippen molar-refractivity contribution < 1.29 is 9.47 Å². The van der Waals surface area contributed by atoms with Gasteiger partial charge in [-0.05, 0) is 31.2 Å². The molecule has 0 spiro atoms. The van der Waals surface area contributed by atoms with Gasteiger partial charge in [-0.15, -0.1) is 0 Å². The molecule has 0 bridgehead atoms. The minimum atomic E-state index is 0.621. The molecule has 1 aromatic carbocycles. The fourth-order valence-corrected chi connectivity index (χ4v) is 1.77. The van der Waals surface area contributed by atoms with Gasteiger partial charge in [0.1, 0.15) is 11.3 Å². The van der Waals surface area contributed by atoms with E-state index in [-0.39, 0.29) is 0 Å². The first-order valence-corrected chi connectivity index (χ1v) is 6.16. The van der Waals surface area contributed by atoms with Gasteiger partial charge in [-0.2, -0.15) is 0 Å². The van der Waals surface area contributed by atoms with E-state index in [0.29, 0.717) is 6.61 Å². The van der Waals surface area contributed by atoms with Crippen LogP contribution >= 0.6 is 0 Å². The third kappa shape index (κ3) is 2.90. The van der Waals surface area contributed by atoms with Crippen LogP contribution < -0.4 is 10.5 Å². The third-order valence-electron chi connectivity index (χ3n) is 2.66. The summed E-state index contributed by atoms with van der Waals surface area (Å²) in [5.41, 5.74) is 7.44. The second kappa shape index (κ2) is 6.21. The Morgan fingerprint density at radius 1 is 1.22 bits per heavy atom. The van der Waals surface area contributed by atoms with E-state index in [9.17, 15) is 0 Å². The smallest absolute Gasteiger partial charge is 0.145 e. The quantitative estimate of drug-likeness (QED) is 0.628. The third-order valence-corrected chi connectivity index (χ3v) is 2.66. The first-order chi connectivity index (χ1) is 8.83. The molecule has 1 heterocycles. The molecule has 0 aliphatic rings. The molecule has 0 saturated heterocycles. The van der Waals surface area contributed by atoms with Gasteiger partial charge in [0.2, 0.25) is 0 Å². The molecule has 0 saturated carbocycles. The van der Waals surface area contributed by atoms with Crippen molar-refractivity contribution >= 4 is 16.6 Å². The van der Waals surface area contributed by atoms with Gasteiger partial charge in [-0.25, -0.2) is 0 Å². The fourth-order valence-electron chi connectivity index (χ4n) is 1.77. The minimum absolute atomic E-state index is 0.621. The number of aromatic nitrogens is 1. The Bertz CT molecular complexity index is 514. The van der Waals surface area contributed by atoms with Crippen LogP contribution in [0.2, 0.25) is 0 Å². The summed E-state index contributed by atoms with van der Waals surface area (Å²) in [5.74, 6) is 0.774. The van der Waals surface area contributed by atoms with E-state index in [1.54, 1.807) is 6.20 Å². The number of ether oxygens (including phenoxy) is 2. The number of anilines is 1. The van der Waals surface area contributed by atoms with E-state index in [4.69, 9.17) is 15.2 Å². The van der Waals surface area contributed by atoms with Crippen molar-refractivity contribution in [3.05, 3.63) is 30.5 Å². The highest BCUT2D eigenvalue weighted by molar-refractivity contribution is 5.94. The van der Waals surface area contributed by atoms with E-state index in [2.05, 4.69) is 4.98 Å². The number of nitrogen functional groups attached to an aromatic ring is 1. The lowest BCUT2D eigenvalue weighted by molar-refractivity contribution is 0.131. The second-order valence-corrected chi connectivity index (χ2v) is 3.95. The summed E-state index contributed by atoms with van der Waals surface area (Å²) in [6.45, 7) is 4.07. The monoisotopic (exact) mass is 246 g/mol. The van der Waals surface area contributed by atoms with E-state index in [1.165, 1.54) is 0 Å². The lowest BCUT2D eigenvalue weighted by atomic mass is 10.2. The summed E-state index contributed by atoms with van der Waals surface area (Å²) in [6, 6.07) is 7.54. The van der Waals surface area contributed by atoms with Crippen LogP contribution in [0.4, 0.5) is 5.69 Å². The lowest BCUT2D eigenvalue weighted by Gasteiger charge is -2.09. The van der Waals surface area contributed by atoms with Crippen LogP contribution in [-0.2, 0) is 4.74 Å². The molecule has 18 heavy (non-hydrogen) atoms. The number of fused-ring (bicyclic) bond motifs is 1. The van der Waals surface area contributed by atoms with Gasteiger partial charge in [0.15, 0.2) is 0 Å². The highest BCUT2D eigenvalue weighted by atomic mass is 16.5. The molecule has 0 amide bonds. The normalized spacial score (nSPS) is 10.7. The number of nitrogens with two attached hydrogens (primary N) is 1. The van der Waals surface area contributed by atoms with Crippen molar-refractivity contribution in [2.45, 2.75) is 13.3 Å². The van der Waals surface area contributed by atoms with Crippen molar-refractivity contribution in [3.63, 3.8) is 0 Å². The van der Waals surface area contributed by atoms with Crippen LogP contribution in [0.15, 0.2) is 30.5 Å². The maximum absolute atomic E-state index is 5.90. The number of benzene rings is 1. The Kier molecular flexibility index (Phi) is 4.36. The molecule has 4 heteroatoms. The zero-order valence-electron chi connectivity index (χ0n) is 10.6. The van der Waals surface area contributed by atoms with E-state index >= 15 is 0 Å². The van der Waals surface area contributed by atoms with Crippen LogP contribution in [0.1, 0.15) is 13.3 Å². The summed E-state index contributed by atoms with van der Waals surface area (Å²) in [5, 5.41) is 0.930. The predicted molar refractivity (Wildman–Crippen MR) is 72.8 cm³/mol. The highest BCUT2D eigenvalue weighted by Gasteiger charge is 2.05. The molecule has 2 N–H and O–H groups in total. The maximum atomic E-state index is 5.90. The van der Waals surface area contributed by atoms with Gasteiger partial charge in [-0.1, -0.05) is 0 Å². The second-order valence-electron chi connectivity index (χ2n) is 3.95. The van der Waals surface area contributed by atoms with E-state index in [1.807, 2.05) is 31.2 Å². The summed E-state index contributed by atoms with van der Waals surface area (Å²) in [6.07, 6.45) is 2.61. The molecule has 0 atom stereocenters. The fraction of sp³-hybridized carbons (Fsp3) is 0.357. The summed E-state index contributed by atoms with van der Waals surface area (Å²) in [7, 11) is 0. The van der Waals surface area contributed by atoms with Gasteiger partial charge in [0, 0.05) is 36.9 Å². The van der Waals surface area contributed by atoms with Crippen molar-refractivity contribution in [2.24, 2.45) is 0 Å². The van der Waals surface area contributed by atoms with E-state index in [0.717, 1.165) is 42.0 Å². The number of nitrogens with zero attached hydrogens (tertiary/aromatic N) is 1. The topological polar surface area (TPSA) is 57.4 Å². The van der Waals surface area contributed by atoms with Crippen molar-refractivity contribution in [1.29, 1.82) is 0 Å². The zero-order valence-corrected chi connectivity index (χ0v) is 10.6. The number of pyridine rings is 1. The maximum Gasteiger partial charge on any atom is 0.145 e. The Balaban J connectivity index is 2.07. The summed E-state index contributed by atoms with van der Waals surface area (Å²) in [4.78, 5) is 4.32. The Morgan fingerprint density at radius 2 is 2.11 bits per heavy atom.